The summed E-state index contributed by atoms with van der Waals surface area (Å²) in [6.45, 7) is 4.37. The predicted molar refractivity (Wildman–Crippen MR) is 71.0 cm³/mol. The molecule has 0 saturated heterocycles. The molecule has 0 amide bonds. The summed E-state index contributed by atoms with van der Waals surface area (Å²) in [5.74, 6) is 0. The van der Waals surface area contributed by atoms with Crippen molar-refractivity contribution in [3.63, 3.8) is 0 Å². The van der Waals surface area contributed by atoms with E-state index < -0.39 is 0 Å². The van der Waals surface area contributed by atoms with Gasteiger partial charge in [0.25, 0.3) is 0 Å². The van der Waals surface area contributed by atoms with E-state index in [1.165, 1.54) is 31.4 Å². The summed E-state index contributed by atoms with van der Waals surface area (Å²) in [5, 5.41) is 4.46. The van der Waals surface area contributed by atoms with Crippen molar-refractivity contribution in [3.8, 4) is 0 Å². The first kappa shape index (κ1) is 14.4. The standard InChI is InChI=1S/C11H23N3S/c1-3-5-6-7-9-10(8-4-2)13-14-11(12)15/h3-9H2,1-2H3,(H3,12,14,15). The minimum Gasteiger partial charge on any atom is -0.375 e. The minimum atomic E-state index is 0.247. The lowest BCUT2D eigenvalue weighted by molar-refractivity contribution is 0.677. The summed E-state index contributed by atoms with van der Waals surface area (Å²) < 4.78 is 0. The highest BCUT2D eigenvalue weighted by molar-refractivity contribution is 7.80. The van der Waals surface area contributed by atoms with Crippen LogP contribution in [0.2, 0.25) is 0 Å². The van der Waals surface area contributed by atoms with Crippen molar-refractivity contribution in [1.82, 2.24) is 5.43 Å². The molecular weight excluding hydrogens is 206 g/mol. The molecule has 3 N–H and O–H groups in total. The highest BCUT2D eigenvalue weighted by Gasteiger charge is 1.98. The maximum atomic E-state index is 5.33. The van der Waals surface area contributed by atoms with Crippen LogP contribution in [0.15, 0.2) is 5.10 Å². The molecule has 0 aliphatic carbocycles. The van der Waals surface area contributed by atoms with Gasteiger partial charge in [-0.2, -0.15) is 5.10 Å². The number of unbranched alkanes of at least 4 members (excludes halogenated alkanes) is 3. The van der Waals surface area contributed by atoms with E-state index in [4.69, 9.17) is 18.0 Å². The summed E-state index contributed by atoms with van der Waals surface area (Å²) in [5.41, 5.74) is 9.18. The third kappa shape index (κ3) is 9.66. The Bertz CT molecular complexity index is 202. The van der Waals surface area contributed by atoms with Crippen molar-refractivity contribution in [2.24, 2.45) is 10.8 Å². The number of thiocarbonyl (C=S) groups is 1. The Hall–Kier alpha value is -0.640. The highest BCUT2D eigenvalue weighted by atomic mass is 32.1. The number of rotatable bonds is 8. The third-order valence-electron chi connectivity index (χ3n) is 2.18. The van der Waals surface area contributed by atoms with Gasteiger partial charge in [-0.05, 0) is 31.5 Å². The lowest BCUT2D eigenvalue weighted by Gasteiger charge is -2.05. The minimum absolute atomic E-state index is 0.247. The van der Waals surface area contributed by atoms with Gasteiger partial charge in [0.15, 0.2) is 5.11 Å². The van der Waals surface area contributed by atoms with Crippen molar-refractivity contribution in [3.05, 3.63) is 0 Å². The van der Waals surface area contributed by atoms with E-state index in [1.807, 2.05) is 0 Å². The maximum Gasteiger partial charge on any atom is 0.184 e. The van der Waals surface area contributed by atoms with Crippen LogP contribution in [0.25, 0.3) is 0 Å². The molecule has 3 nitrogen and oxygen atoms in total. The second-order valence-electron chi connectivity index (χ2n) is 3.71. The van der Waals surface area contributed by atoms with Gasteiger partial charge in [-0.3, -0.25) is 5.43 Å². The largest absolute Gasteiger partial charge is 0.375 e. The Morgan fingerprint density at radius 2 is 1.87 bits per heavy atom. The van der Waals surface area contributed by atoms with Crippen molar-refractivity contribution < 1.29 is 0 Å². The number of hydrogen-bond acceptors (Lipinski definition) is 2. The summed E-state index contributed by atoms with van der Waals surface area (Å²) in [6.07, 6.45) is 8.28. The van der Waals surface area contributed by atoms with E-state index in [1.54, 1.807) is 0 Å². The zero-order valence-corrected chi connectivity index (χ0v) is 10.7. The van der Waals surface area contributed by atoms with Gasteiger partial charge in [0, 0.05) is 5.71 Å². The first-order chi connectivity index (χ1) is 7.20. The number of hydrogen-bond donors (Lipinski definition) is 2. The van der Waals surface area contributed by atoms with Crippen molar-refractivity contribution in [2.75, 3.05) is 0 Å². The van der Waals surface area contributed by atoms with Crippen LogP contribution in [0.3, 0.4) is 0 Å². The summed E-state index contributed by atoms with van der Waals surface area (Å²) >= 11 is 4.71. The number of hydrazone groups is 1. The lowest BCUT2D eigenvalue weighted by atomic mass is 10.1. The molecular formula is C11H23N3S. The summed E-state index contributed by atoms with van der Waals surface area (Å²) in [6, 6.07) is 0. The van der Waals surface area contributed by atoms with Gasteiger partial charge in [0.2, 0.25) is 0 Å². The molecule has 0 unspecified atom stereocenters. The molecule has 0 heterocycles. The average molecular weight is 229 g/mol. The number of nitrogens with one attached hydrogen (secondary N) is 1. The smallest absolute Gasteiger partial charge is 0.184 e. The molecule has 0 fully saturated rings. The molecule has 0 aliphatic heterocycles. The topological polar surface area (TPSA) is 50.4 Å². The quantitative estimate of drug-likeness (QED) is 0.291. The molecule has 4 heteroatoms. The summed E-state index contributed by atoms with van der Waals surface area (Å²) in [7, 11) is 0. The van der Waals surface area contributed by atoms with Crippen LogP contribution >= 0.6 is 12.2 Å². The van der Waals surface area contributed by atoms with Crippen LogP contribution in [0.5, 0.6) is 0 Å². The van der Waals surface area contributed by atoms with E-state index in [2.05, 4.69) is 24.4 Å². The lowest BCUT2D eigenvalue weighted by Crippen LogP contribution is -2.25. The van der Waals surface area contributed by atoms with Gasteiger partial charge < -0.3 is 5.73 Å². The van der Waals surface area contributed by atoms with Crippen LogP contribution in [0, 0.1) is 0 Å². The molecule has 0 aromatic carbocycles. The zero-order chi connectivity index (χ0) is 11.5. The molecule has 0 radical (unpaired) electrons. The van der Waals surface area contributed by atoms with E-state index >= 15 is 0 Å². The van der Waals surface area contributed by atoms with Gasteiger partial charge in [-0.1, -0.05) is 39.5 Å². The molecule has 0 atom stereocenters. The Morgan fingerprint density at radius 1 is 1.13 bits per heavy atom. The molecule has 0 rings (SSSR count). The Morgan fingerprint density at radius 3 is 2.40 bits per heavy atom. The predicted octanol–water partition coefficient (Wildman–Crippen LogP) is 2.95. The number of nitrogens with zero attached hydrogens (tertiary/aromatic N) is 1. The molecule has 0 aliphatic rings. The van der Waals surface area contributed by atoms with Crippen molar-refractivity contribution in [1.29, 1.82) is 0 Å². The van der Waals surface area contributed by atoms with Crippen molar-refractivity contribution in [2.45, 2.75) is 58.8 Å². The first-order valence-corrected chi connectivity index (χ1v) is 6.22. The monoisotopic (exact) mass is 229 g/mol. The van der Waals surface area contributed by atoms with E-state index in [0.717, 1.165) is 19.3 Å². The average Bonchev–Trinajstić information content (AvgIpc) is 2.20. The molecule has 0 aromatic heterocycles. The van der Waals surface area contributed by atoms with Gasteiger partial charge in [-0.15, -0.1) is 0 Å². The second-order valence-corrected chi connectivity index (χ2v) is 4.15. The SMILES string of the molecule is CCCCCCC(CCC)=NNC(N)=S. The normalized spacial score (nSPS) is 11.5. The zero-order valence-electron chi connectivity index (χ0n) is 9.88. The Labute approximate surface area is 98.5 Å². The fourth-order valence-corrected chi connectivity index (χ4v) is 1.46. The van der Waals surface area contributed by atoms with Crippen LogP contribution < -0.4 is 11.2 Å². The molecule has 15 heavy (non-hydrogen) atoms. The molecule has 0 bridgehead atoms. The maximum absolute atomic E-state index is 5.33. The number of nitrogens with two attached hydrogens (primary N) is 1. The van der Waals surface area contributed by atoms with E-state index in [-0.39, 0.29) is 5.11 Å². The van der Waals surface area contributed by atoms with Crippen LogP contribution in [-0.4, -0.2) is 10.8 Å². The van der Waals surface area contributed by atoms with Gasteiger partial charge in [0.05, 0.1) is 0 Å². The van der Waals surface area contributed by atoms with Crippen LogP contribution in [0.4, 0.5) is 0 Å². The molecule has 88 valence electrons. The molecule has 0 spiro atoms. The van der Waals surface area contributed by atoms with Crippen LogP contribution in [-0.2, 0) is 0 Å². The molecule has 0 aromatic rings. The Balaban J connectivity index is 3.81. The Kier molecular flexibility index (Phi) is 9.48. The van der Waals surface area contributed by atoms with Gasteiger partial charge in [0.1, 0.15) is 0 Å². The fraction of sp³-hybridized carbons (Fsp3) is 0.818. The summed E-state index contributed by atoms with van der Waals surface area (Å²) in [4.78, 5) is 0. The van der Waals surface area contributed by atoms with Gasteiger partial charge >= 0.3 is 0 Å². The first-order valence-electron chi connectivity index (χ1n) is 5.81. The third-order valence-corrected chi connectivity index (χ3v) is 2.27. The van der Waals surface area contributed by atoms with Crippen LogP contribution in [0.1, 0.15) is 58.8 Å². The van der Waals surface area contributed by atoms with E-state index in [9.17, 15) is 0 Å². The highest BCUT2D eigenvalue weighted by Crippen LogP contribution is 2.06. The van der Waals surface area contributed by atoms with Gasteiger partial charge in [-0.25, -0.2) is 0 Å². The van der Waals surface area contributed by atoms with E-state index in [0.29, 0.717) is 0 Å². The second kappa shape index (κ2) is 9.90. The van der Waals surface area contributed by atoms with Crippen molar-refractivity contribution >= 4 is 23.0 Å². The fourth-order valence-electron chi connectivity index (χ4n) is 1.42. The molecule has 0 saturated carbocycles.